The normalized spacial score (nSPS) is 13.4. The van der Waals surface area contributed by atoms with E-state index in [-0.39, 0.29) is 32.0 Å². The second-order valence-electron chi connectivity index (χ2n) is 22.8. The Balaban J connectivity index is 3.89. The van der Waals surface area contributed by atoms with Crippen molar-refractivity contribution in [2.45, 2.75) is 315 Å². The average molecular weight is 1060 g/mol. The molecule has 0 heterocycles. The fourth-order valence-corrected chi connectivity index (χ4v) is 9.94. The molecule has 0 N–H and O–H groups in total. The quantitative estimate of drug-likeness (QED) is 0.0195. The number of allylic oxidation sites excluding steroid dienone is 6. The lowest BCUT2D eigenvalue weighted by Gasteiger charge is -2.28. The molecule has 0 saturated heterocycles. The van der Waals surface area contributed by atoms with Gasteiger partial charge in [-0.25, -0.2) is 0 Å². The number of esters is 2. The molecule has 0 amide bonds. The topological polar surface area (TPSA) is 111 Å². The van der Waals surface area contributed by atoms with Crippen molar-refractivity contribution in [1.82, 2.24) is 0 Å². The van der Waals surface area contributed by atoms with Gasteiger partial charge in [0.1, 0.15) is 19.8 Å². The van der Waals surface area contributed by atoms with Crippen LogP contribution in [0.2, 0.25) is 0 Å². The molecule has 74 heavy (non-hydrogen) atoms. The molecular weight excluding hydrogens is 942 g/mol. The zero-order valence-electron chi connectivity index (χ0n) is 49.6. The highest BCUT2D eigenvalue weighted by Crippen LogP contribution is 2.38. The van der Waals surface area contributed by atoms with Crippen LogP contribution in [-0.4, -0.2) is 70.0 Å². The molecule has 0 fully saturated rings. The third-order valence-electron chi connectivity index (χ3n) is 14.1. The van der Waals surface area contributed by atoms with E-state index in [9.17, 15) is 19.0 Å². The fraction of sp³-hybridized carbons (Fsp3) is 0.875. The summed E-state index contributed by atoms with van der Waals surface area (Å²) in [4.78, 5) is 37.8. The first kappa shape index (κ1) is 72.2. The van der Waals surface area contributed by atoms with Gasteiger partial charge in [-0.2, -0.15) is 0 Å². The number of phosphoric acid groups is 1. The molecule has 10 heteroatoms. The van der Waals surface area contributed by atoms with Gasteiger partial charge in [-0.3, -0.25) is 14.2 Å². The summed E-state index contributed by atoms with van der Waals surface area (Å²) in [7, 11) is 1.17. The van der Waals surface area contributed by atoms with Gasteiger partial charge in [0.15, 0.2) is 6.10 Å². The molecule has 0 rings (SSSR count). The van der Waals surface area contributed by atoms with E-state index in [1.165, 1.54) is 218 Å². The second kappa shape index (κ2) is 56.0. The zero-order valence-corrected chi connectivity index (χ0v) is 50.5. The van der Waals surface area contributed by atoms with Crippen LogP contribution in [0.15, 0.2) is 36.5 Å². The van der Waals surface area contributed by atoms with Crippen molar-refractivity contribution in [1.29, 1.82) is 0 Å². The molecule has 0 aliphatic carbocycles. The van der Waals surface area contributed by atoms with E-state index in [4.69, 9.17) is 18.5 Å². The van der Waals surface area contributed by atoms with Crippen molar-refractivity contribution in [2.75, 3.05) is 47.5 Å². The Kier molecular flexibility index (Phi) is 54.6. The van der Waals surface area contributed by atoms with E-state index in [2.05, 4.69) is 50.3 Å². The number of hydrogen-bond donors (Lipinski definition) is 0. The van der Waals surface area contributed by atoms with Crippen molar-refractivity contribution in [3.05, 3.63) is 36.5 Å². The van der Waals surface area contributed by atoms with Crippen molar-refractivity contribution in [3.8, 4) is 0 Å². The van der Waals surface area contributed by atoms with Gasteiger partial charge in [0.2, 0.25) is 0 Å². The summed E-state index contributed by atoms with van der Waals surface area (Å²) >= 11 is 0. The van der Waals surface area contributed by atoms with E-state index in [0.29, 0.717) is 17.4 Å². The molecule has 0 aromatic carbocycles. The predicted molar refractivity (Wildman–Crippen MR) is 314 cm³/mol. The molecule has 436 valence electrons. The van der Waals surface area contributed by atoms with Crippen molar-refractivity contribution < 1.29 is 42.1 Å². The lowest BCUT2D eigenvalue weighted by molar-refractivity contribution is -0.870. The third-order valence-corrected chi connectivity index (χ3v) is 15.1. The Morgan fingerprint density at radius 2 is 0.730 bits per heavy atom. The van der Waals surface area contributed by atoms with E-state index in [1.54, 1.807) is 0 Å². The number of hydrogen-bond acceptors (Lipinski definition) is 8. The first-order valence-corrected chi connectivity index (χ1v) is 33.2. The molecular formula is C64H122NO8P. The molecule has 0 bridgehead atoms. The Labute approximate surface area is 459 Å². The summed E-state index contributed by atoms with van der Waals surface area (Å²) < 4.78 is 34.1. The Hall–Kier alpha value is -1.77. The van der Waals surface area contributed by atoms with Crippen LogP contribution in [0.3, 0.4) is 0 Å². The van der Waals surface area contributed by atoms with E-state index >= 15 is 0 Å². The van der Waals surface area contributed by atoms with Gasteiger partial charge in [0.25, 0.3) is 7.82 Å². The number of quaternary nitrogens is 1. The lowest BCUT2D eigenvalue weighted by atomic mass is 10.0. The van der Waals surface area contributed by atoms with Crippen LogP contribution in [0.1, 0.15) is 309 Å². The number of nitrogens with zero attached hydrogens (tertiary/aromatic N) is 1. The van der Waals surface area contributed by atoms with Gasteiger partial charge in [-0.15, -0.1) is 0 Å². The minimum Gasteiger partial charge on any atom is -0.756 e. The summed E-state index contributed by atoms with van der Waals surface area (Å²) in [5, 5.41) is 0. The highest BCUT2D eigenvalue weighted by Gasteiger charge is 2.22. The first-order valence-electron chi connectivity index (χ1n) is 31.7. The third kappa shape index (κ3) is 59.5. The molecule has 0 saturated carbocycles. The minimum atomic E-state index is -4.63. The predicted octanol–water partition coefficient (Wildman–Crippen LogP) is 19.3. The number of rotatable bonds is 59. The standard InChI is InChI=1S/C64H122NO8P/c1-6-8-10-12-14-16-18-20-21-22-23-24-25-26-27-28-29-30-31-32-33-34-35-36-37-38-39-40-41-42-43-45-47-49-51-53-55-57-64(67)73-62(61-72-74(68,69)71-59-58-65(3,4)5)60-70-63(66)56-54-52-50-48-46-44-19-17-15-13-11-9-7-2/h17-20,22-23,62H,6-16,21,24-61H2,1-5H3/b19-17-,20-18-,23-22-. The monoisotopic (exact) mass is 1060 g/mol. The van der Waals surface area contributed by atoms with Gasteiger partial charge < -0.3 is 27.9 Å². The molecule has 2 unspecified atom stereocenters. The summed E-state index contributed by atoms with van der Waals surface area (Å²) in [6, 6.07) is 0. The van der Waals surface area contributed by atoms with Gasteiger partial charge in [-0.1, -0.05) is 262 Å². The van der Waals surface area contributed by atoms with Gasteiger partial charge in [0, 0.05) is 12.8 Å². The molecule has 0 aromatic heterocycles. The van der Waals surface area contributed by atoms with Crippen LogP contribution in [0.25, 0.3) is 0 Å². The average Bonchev–Trinajstić information content (AvgIpc) is 3.36. The van der Waals surface area contributed by atoms with Crippen LogP contribution in [-0.2, 0) is 32.7 Å². The molecule has 0 aromatic rings. The maximum Gasteiger partial charge on any atom is 0.306 e. The van der Waals surface area contributed by atoms with Crippen LogP contribution < -0.4 is 4.89 Å². The van der Waals surface area contributed by atoms with Crippen LogP contribution in [0.5, 0.6) is 0 Å². The number of unbranched alkanes of at least 4 members (excludes halogenated alkanes) is 39. The van der Waals surface area contributed by atoms with Gasteiger partial charge >= 0.3 is 11.9 Å². The smallest absolute Gasteiger partial charge is 0.306 e. The van der Waals surface area contributed by atoms with Gasteiger partial charge in [-0.05, 0) is 70.6 Å². The number of carbonyl (C=O) groups is 2. The Morgan fingerprint density at radius 3 is 1.09 bits per heavy atom. The van der Waals surface area contributed by atoms with E-state index in [1.807, 2.05) is 21.1 Å². The minimum absolute atomic E-state index is 0.0298. The molecule has 2 atom stereocenters. The molecule has 0 radical (unpaired) electrons. The van der Waals surface area contributed by atoms with E-state index in [0.717, 1.165) is 57.8 Å². The van der Waals surface area contributed by atoms with Crippen LogP contribution in [0.4, 0.5) is 0 Å². The van der Waals surface area contributed by atoms with E-state index < -0.39 is 26.5 Å². The van der Waals surface area contributed by atoms with Crippen molar-refractivity contribution in [3.63, 3.8) is 0 Å². The lowest BCUT2D eigenvalue weighted by Crippen LogP contribution is -2.37. The fourth-order valence-electron chi connectivity index (χ4n) is 9.21. The molecule has 0 aliphatic rings. The molecule has 0 spiro atoms. The zero-order chi connectivity index (χ0) is 54.2. The van der Waals surface area contributed by atoms with Crippen molar-refractivity contribution >= 4 is 19.8 Å². The summed E-state index contributed by atoms with van der Waals surface area (Å²) in [6.45, 7) is 4.24. The molecule has 0 aliphatic heterocycles. The van der Waals surface area contributed by atoms with Crippen LogP contribution in [0, 0.1) is 0 Å². The number of likely N-dealkylation sites (N-methyl/N-ethyl adjacent to an activating group) is 1. The van der Waals surface area contributed by atoms with Crippen LogP contribution >= 0.6 is 7.82 Å². The highest BCUT2D eigenvalue weighted by molar-refractivity contribution is 7.45. The largest absolute Gasteiger partial charge is 0.756 e. The maximum atomic E-state index is 12.8. The Morgan fingerprint density at radius 1 is 0.419 bits per heavy atom. The summed E-state index contributed by atoms with van der Waals surface area (Å²) in [5.74, 6) is -0.830. The SMILES string of the molecule is CCCCCC/C=C\CCCCCCCC(=O)OCC(COP(=O)([O-])OCC[N+](C)(C)C)OC(=O)CCCCCCCCCCCCCCCCCCCCCCCCCCC/C=C\C/C=C\CCCCCCC. The second-order valence-corrected chi connectivity index (χ2v) is 24.2. The number of carbonyl (C=O) groups excluding carboxylic acids is 2. The highest BCUT2D eigenvalue weighted by atomic mass is 31.2. The first-order chi connectivity index (χ1) is 36.0. The number of phosphoric ester groups is 1. The molecule has 9 nitrogen and oxygen atoms in total. The summed E-state index contributed by atoms with van der Waals surface area (Å²) in [6.07, 6.45) is 69.5. The Bertz CT molecular complexity index is 1340. The van der Waals surface area contributed by atoms with Gasteiger partial charge in [0.05, 0.1) is 27.7 Å². The maximum absolute atomic E-state index is 12.8. The van der Waals surface area contributed by atoms with Crippen molar-refractivity contribution in [2.24, 2.45) is 0 Å². The number of ether oxygens (including phenoxy) is 2. The summed E-state index contributed by atoms with van der Waals surface area (Å²) in [5.41, 5.74) is 0.